The lowest BCUT2D eigenvalue weighted by Crippen LogP contribution is -2.31. The molecule has 9 heteroatoms. The Hall–Kier alpha value is -4.94. The fraction of sp³-hybridized carbons (Fsp3) is 0.129. The summed E-state index contributed by atoms with van der Waals surface area (Å²) in [5.41, 5.74) is 2.36. The number of benzene rings is 3. The number of hydrogen-bond donors (Lipinski definition) is 3. The van der Waals surface area contributed by atoms with Crippen molar-refractivity contribution in [2.24, 2.45) is 0 Å². The number of dihydropyridines is 1. The molecule has 40 heavy (non-hydrogen) atoms. The summed E-state index contributed by atoms with van der Waals surface area (Å²) in [7, 11) is 1.53. The molecule has 200 valence electrons. The molecule has 1 atom stereocenters. The van der Waals surface area contributed by atoms with Crippen LogP contribution < -0.4 is 20.7 Å². The zero-order valence-corrected chi connectivity index (χ0v) is 22.7. The molecule has 1 aliphatic heterocycles. The molecule has 0 saturated carbocycles. The topological polar surface area (TPSA) is 116 Å². The van der Waals surface area contributed by atoms with Gasteiger partial charge in [0.15, 0.2) is 0 Å². The van der Waals surface area contributed by atoms with Crippen molar-refractivity contribution in [3.8, 4) is 11.8 Å². The first-order valence-corrected chi connectivity index (χ1v) is 13.5. The van der Waals surface area contributed by atoms with E-state index in [4.69, 9.17) is 9.15 Å². The third kappa shape index (κ3) is 5.58. The molecule has 0 spiro atoms. The number of methoxy groups -OCH3 is 1. The molecule has 1 aliphatic rings. The number of furan rings is 1. The lowest BCUT2D eigenvalue weighted by molar-refractivity contribution is -0.114. The Bertz CT molecular complexity index is 1680. The van der Waals surface area contributed by atoms with E-state index in [0.29, 0.717) is 39.2 Å². The van der Waals surface area contributed by atoms with Gasteiger partial charge in [0.2, 0.25) is 5.91 Å². The van der Waals surface area contributed by atoms with E-state index in [9.17, 15) is 14.9 Å². The molecule has 0 unspecified atom stereocenters. The van der Waals surface area contributed by atoms with Gasteiger partial charge in [-0.05, 0) is 54.1 Å². The maximum atomic E-state index is 13.6. The number of nitrogens with one attached hydrogen (secondary N) is 3. The quantitative estimate of drug-likeness (QED) is 0.241. The van der Waals surface area contributed by atoms with Gasteiger partial charge in [0.25, 0.3) is 5.91 Å². The van der Waals surface area contributed by atoms with Crippen LogP contribution in [-0.4, -0.2) is 24.7 Å². The van der Waals surface area contributed by atoms with E-state index in [1.165, 1.54) is 25.1 Å². The molecular formula is C31H26N4O4S. The molecule has 0 fully saturated rings. The number of hydrogen-bond acceptors (Lipinski definition) is 7. The van der Waals surface area contributed by atoms with Gasteiger partial charge in [-0.15, -0.1) is 0 Å². The van der Waals surface area contributed by atoms with Gasteiger partial charge in [-0.2, -0.15) is 5.26 Å². The van der Waals surface area contributed by atoms with Crippen molar-refractivity contribution >= 4 is 45.7 Å². The smallest absolute Gasteiger partial charge is 0.254 e. The molecule has 2 amide bonds. The van der Waals surface area contributed by atoms with Gasteiger partial charge < -0.3 is 25.1 Å². The molecule has 2 heterocycles. The summed E-state index contributed by atoms with van der Waals surface area (Å²) in [4.78, 5) is 26.4. The number of carbonyl (C=O) groups is 2. The molecule has 0 aliphatic carbocycles. The monoisotopic (exact) mass is 550 g/mol. The van der Waals surface area contributed by atoms with E-state index in [1.807, 2.05) is 48.5 Å². The van der Waals surface area contributed by atoms with Crippen LogP contribution in [-0.2, 0) is 9.59 Å². The largest absolute Gasteiger partial charge is 0.495 e. The summed E-state index contributed by atoms with van der Waals surface area (Å²) in [5, 5.41) is 21.8. The van der Waals surface area contributed by atoms with Gasteiger partial charge in [-0.3, -0.25) is 9.59 Å². The van der Waals surface area contributed by atoms with Crippen LogP contribution in [0.4, 0.5) is 11.4 Å². The highest BCUT2D eigenvalue weighted by atomic mass is 32.2. The number of thioether (sulfide) groups is 1. The molecule has 3 aromatic carbocycles. The zero-order valence-electron chi connectivity index (χ0n) is 21.9. The van der Waals surface area contributed by atoms with E-state index >= 15 is 0 Å². The Balaban J connectivity index is 1.37. The van der Waals surface area contributed by atoms with Crippen LogP contribution in [0.3, 0.4) is 0 Å². The predicted octanol–water partition coefficient (Wildman–Crippen LogP) is 6.15. The van der Waals surface area contributed by atoms with E-state index < -0.39 is 11.8 Å². The number of carbonyl (C=O) groups excluding carboxylic acids is 2. The van der Waals surface area contributed by atoms with Crippen LogP contribution >= 0.6 is 11.8 Å². The second-order valence-electron chi connectivity index (χ2n) is 9.02. The minimum absolute atomic E-state index is 0.0568. The van der Waals surface area contributed by atoms with E-state index in [2.05, 4.69) is 22.0 Å². The highest BCUT2D eigenvalue weighted by molar-refractivity contribution is 8.03. The van der Waals surface area contributed by atoms with Gasteiger partial charge >= 0.3 is 0 Å². The summed E-state index contributed by atoms with van der Waals surface area (Å²) in [5.74, 6) is -0.369. The van der Waals surface area contributed by atoms with Gasteiger partial charge in [0.05, 0.1) is 53.0 Å². The normalized spacial score (nSPS) is 14.9. The van der Waals surface area contributed by atoms with Crippen LogP contribution in [0.2, 0.25) is 0 Å². The summed E-state index contributed by atoms with van der Waals surface area (Å²) in [6.07, 6.45) is 1.50. The van der Waals surface area contributed by atoms with Crippen molar-refractivity contribution in [1.82, 2.24) is 5.32 Å². The van der Waals surface area contributed by atoms with Crippen LogP contribution in [0, 0.1) is 11.3 Å². The molecule has 8 nitrogen and oxygen atoms in total. The average molecular weight is 551 g/mol. The molecule has 0 bridgehead atoms. The molecule has 3 N–H and O–H groups in total. The zero-order chi connectivity index (χ0) is 28.1. The molecular weight excluding hydrogens is 524 g/mol. The maximum absolute atomic E-state index is 13.6. The lowest BCUT2D eigenvalue weighted by atomic mass is 9.85. The summed E-state index contributed by atoms with van der Waals surface area (Å²) >= 11 is 1.20. The van der Waals surface area contributed by atoms with E-state index in [1.54, 1.807) is 37.3 Å². The number of fused-ring (bicyclic) bond motifs is 1. The van der Waals surface area contributed by atoms with Crippen molar-refractivity contribution in [3.05, 3.63) is 113 Å². The van der Waals surface area contributed by atoms with Crippen LogP contribution in [0.15, 0.2) is 111 Å². The fourth-order valence-electron chi connectivity index (χ4n) is 4.61. The Morgan fingerprint density at radius 2 is 1.80 bits per heavy atom. The molecule has 0 radical (unpaired) electrons. The summed E-state index contributed by atoms with van der Waals surface area (Å²) < 4.78 is 11.0. The van der Waals surface area contributed by atoms with Gasteiger partial charge in [-0.1, -0.05) is 54.2 Å². The number of para-hydroxylation sites is 2. The first kappa shape index (κ1) is 26.7. The van der Waals surface area contributed by atoms with Crippen LogP contribution in [0.1, 0.15) is 18.6 Å². The predicted molar refractivity (Wildman–Crippen MR) is 157 cm³/mol. The van der Waals surface area contributed by atoms with Gasteiger partial charge in [0, 0.05) is 11.4 Å². The minimum Gasteiger partial charge on any atom is -0.495 e. The van der Waals surface area contributed by atoms with Gasteiger partial charge in [-0.25, -0.2) is 0 Å². The first-order valence-electron chi connectivity index (χ1n) is 12.5. The number of nitrogens with zero attached hydrogens (tertiary/aromatic N) is 1. The highest BCUT2D eigenvalue weighted by Gasteiger charge is 2.36. The van der Waals surface area contributed by atoms with E-state index in [0.717, 1.165) is 10.8 Å². The maximum Gasteiger partial charge on any atom is 0.254 e. The van der Waals surface area contributed by atoms with Crippen molar-refractivity contribution in [3.63, 3.8) is 0 Å². The Kier molecular flexibility index (Phi) is 7.89. The van der Waals surface area contributed by atoms with Crippen molar-refractivity contribution in [1.29, 1.82) is 5.26 Å². The number of anilines is 2. The molecule has 5 rings (SSSR count). The number of ether oxygens (including phenoxy) is 1. The summed E-state index contributed by atoms with van der Waals surface area (Å²) in [6.45, 7) is 1.76. The van der Waals surface area contributed by atoms with Gasteiger partial charge in [0.1, 0.15) is 11.5 Å². The second-order valence-corrected chi connectivity index (χ2v) is 10.0. The second kappa shape index (κ2) is 11.8. The highest BCUT2D eigenvalue weighted by Crippen LogP contribution is 2.41. The van der Waals surface area contributed by atoms with Crippen molar-refractivity contribution in [2.75, 3.05) is 23.5 Å². The standard InChI is InChI=1S/C31H26N4O4S/c1-19-28(30(37)35-24-10-5-6-11-25(24)38-2)29(26-12-7-15-39-26)23(17-32)31(33-19)40-18-27(36)34-22-14-13-20-8-3-4-9-21(20)16-22/h3-16,29,33H,18H2,1-2H3,(H,34,36)(H,35,37)/t29-/m1/s1. The van der Waals surface area contributed by atoms with E-state index in [-0.39, 0.29) is 17.2 Å². The Morgan fingerprint density at radius 3 is 2.55 bits per heavy atom. The third-order valence-electron chi connectivity index (χ3n) is 6.46. The lowest BCUT2D eigenvalue weighted by Gasteiger charge is -2.28. The van der Waals surface area contributed by atoms with Crippen LogP contribution in [0.25, 0.3) is 10.8 Å². The molecule has 0 saturated heterocycles. The number of rotatable bonds is 8. The van der Waals surface area contributed by atoms with Crippen molar-refractivity contribution < 1.29 is 18.7 Å². The van der Waals surface area contributed by atoms with Crippen LogP contribution in [0.5, 0.6) is 5.75 Å². The molecule has 4 aromatic rings. The number of nitriles is 1. The van der Waals surface area contributed by atoms with Crippen molar-refractivity contribution in [2.45, 2.75) is 12.8 Å². The third-order valence-corrected chi connectivity index (χ3v) is 7.47. The molecule has 1 aromatic heterocycles. The first-order chi connectivity index (χ1) is 19.5. The Labute approximate surface area is 235 Å². The average Bonchev–Trinajstić information content (AvgIpc) is 3.50. The summed E-state index contributed by atoms with van der Waals surface area (Å²) in [6, 6.07) is 26.4. The SMILES string of the molecule is COc1ccccc1NC(=O)C1=C(C)NC(SCC(=O)Nc2ccc3ccccc3c2)=C(C#N)[C@@H]1c1ccco1. The Morgan fingerprint density at radius 1 is 1.02 bits per heavy atom. The minimum atomic E-state index is -0.762. The number of allylic oxidation sites excluding steroid dienone is 2. The number of amides is 2. The fourth-order valence-corrected chi connectivity index (χ4v) is 5.50.